The van der Waals surface area contributed by atoms with Crippen molar-refractivity contribution < 1.29 is 99.3 Å². The van der Waals surface area contributed by atoms with Crippen molar-refractivity contribution in [2.24, 2.45) is 23.5 Å². The zero-order valence-electron chi connectivity index (χ0n) is 43.1. The summed E-state index contributed by atoms with van der Waals surface area (Å²) in [5, 5.41) is 129. The number of carboxylic acids is 1. The van der Waals surface area contributed by atoms with E-state index in [1.165, 1.54) is 13.0 Å². The van der Waals surface area contributed by atoms with Crippen LogP contribution in [0, 0.1) is 17.8 Å². The Bertz CT molecular complexity index is 1870. The molecule has 74 heavy (non-hydrogen) atoms. The maximum absolute atomic E-state index is 13.1. The van der Waals surface area contributed by atoms with Crippen LogP contribution in [0.5, 0.6) is 0 Å². The highest BCUT2D eigenvalue weighted by Crippen LogP contribution is 2.38. The third-order valence-electron chi connectivity index (χ3n) is 14.2. The van der Waals surface area contributed by atoms with Crippen LogP contribution in [-0.4, -0.2) is 195 Å². The summed E-state index contributed by atoms with van der Waals surface area (Å²) >= 11 is 0. The van der Waals surface area contributed by atoms with Crippen molar-refractivity contribution in [2.45, 2.75) is 227 Å². The standard InChI is InChI=1S/C53H85NO20/c1-29-18-16-14-12-10-8-6-7-9-11-13-15-17-19-37(72-52-49(65)46(54)48(64)33(5)71-52)25-42-45(51(66)67)41(61)28-53(68,74-42)27-40(60)38(58)21-20-34(55)22-35(56)23-36(57)24-43(62)69-31(3)30(2)50(29)73-44-26-39(59)47(63)32(4)70-44/h6-7,9,11-19,29-42,44-50,52,55-61,63-65,68H,8,10,20-28,54H2,1-5H3,(H,66,67)/b7-6-,11-9-,14-12-,15-13-,18-16-,19-17-. The molecule has 0 spiro atoms. The molecule has 21 nitrogen and oxygen atoms in total. The van der Waals surface area contributed by atoms with Gasteiger partial charge in [-0.3, -0.25) is 9.59 Å². The molecule has 2 bridgehead atoms. The Labute approximate surface area is 433 Å². The van der Waals surface area contributed by atoms with Crippen LogP contribution in [-0.2, 0) is 38.0 Å². The summed E-state index contributed by atoms with van der Waals surface area (Å²) in [5.41, 5.74) is 6.04. The van der Waals surface area contributed by atoms with Crippen LogP contribution in [0.4, 0.5) is 0 Å². The van der Waals surface area contributed by atoms with Gasteiger partial charge in [-0.1, -0.05) is 86.8 Å². The van der Waals surface area contributed by atoms with E-state index < -0.39 is 165 Å². The van der Waals surface area contributed by atoms with Gasteiger partial charge in [0.2, 0.25) is 0 Å². The van der Waals surface area contributed by atoms with Gasteiger partial charge in [0.25, 0.3) is 0 Å². The summed E-state index contributed by atoms with van der Waals surface area (Å²) in [6, 6.07) is -1.16. The van der Waals surface area contributed by atoms with Gasteiger partial charge >= 0.3 is 11.9 Å². The van der Waals surface area contributed by atoms with Crippen LogP contribution in [0.25, 0.3) is 0 Å². The topological polar surface area (TPSA) is 358 Å². The maximum atomic E-state index is 13.1. The number of carbonyl (C=O) groups excluding carboxylic acids is 1. The second kappa shape index (κ2) is 30.6. The van der Waals surface area contributed by atoms with E-state index in [1.807, 2.05) is 56.4 Å². The lowest BCUT2D eigenvalue weighted by Gasteiger charge is -2.45. The first-order valence-electron chi connectivity index (χ1n) is 25.9. The highest BCUT2D eigenvalue weighted by molar-refractivity contribution is 5.71. The Balaban J connectivity index is 1.55. The van der Waals surface area contributed by atoms with Gasteiger partial charge in [-0.2, -0.15) is 0 Å². The number of esters is 1. The van der Waals surface area contributed by atoms with E-state index in [-0.39, 0.29) is 44.4 Å². The molecule has 4 aliphatic heterocycles. The number of rotatable bonds is 5. The molecule has 23 atom stereocenters. The zero-order chi connectivity index (χ0) is 54.9. The zero-order valence-corrected chi connectivity index (χ0v) is 43.1. The van der Waals surface area contributed by atoms with Crippen LogP contribution >= 0.6 is 0 Å². The molecule has 0 aromatic rings. The van der Waals surface area contributed by atoms with Crippen molar-refractivity contribution in [1.82, 2.24) is 0 Å². The molecule has 4 heterocycles. The molecule has 4 rings (SSSR count). The van der Waals surface area contributed by atoms with Crippen molar-refractivity contribution in [3.8, 4) is 0 Å². The minimum absolute atomic E-state index is 0.0208. The average Bonchev–Trinajstić information content (AvgIpc) is 3.31. The van der Waals surface area contributed by atoms with Crippen molar-refractivity contribution >= 4 is 11.9 Å². The molecule has 23 unspecified atom stereocenters. The Morgan fingerprint density at radius 3 is 1.89 bits per heavy atom. The minimum atomic E-state index is -2.37. The summed E-state index contributed by atoms with van der Waals surface area (Å²) in [7, 11) is 0. The molecule has 0 saturated carbocycles. The number of carbonyl (C=O) groups is 2. The average molecular weight is 1060 g/mol. The van der Waals surface area contributed by atoms with Crippen molar-refractivity contribution in [3.63, 3.8) is 0 Å². The summed E-state index contributed by atoms with van der Waals surface area (Å²) in [6.07, 6.45) is -1.63. The normalized spacial score (nSPS) is 46.5. The number of cyclic esters (lactones) is 1. The number of hydrogen-bond donors (Lipinski definition) is 13. The Kier molecular flexibility index (Phi) is 26.1. The fourth-order valence-corrected chi connectivity index (χ4v) is 9.63. The Morgan fingerprint density at radius 1 is 0.635 bits per heavy atom. The van der Waals surface area contributed by atoms with E-state index in [2.05, 4.69) is 0 Å². The number of aliphatic carboxylic acids is 1. The second-order valence-corrected chi connectivity index (χ2v) is 20.5. The molecule has 422 valence electrons. The number of fused-ring (bicyclic) bond motifs is 2. The number of nitrogens with two attached hydrogens (primary N) is 1. The predicted octanol–water partition coefficient (Wildman–Crippen LogP) is 0.817. The van der Waals surface area contributed by atoms with Gasteiger partial charge in [0, 0.05) is 37.5 Å². The summed E-state index contributed by atoms with van der Waals surface area (Å²) < 4.78 is 35.8. The van der Waals surface area contributed by atoms with E-state index in [4.69, 9.17) is 34.2 Å². The van der Waals surface area contributed by atoms with Gasteiger partial charge in [0.1, 0.15) is 24.2 Å². The van der Waals surface area contributed by atoms with Gasteiger partial charge in [-0.15, -0.1) is 0 Å². The molecule has 0 aromatic carbocycles. The van der Waals surface area contributed by atoms with Gasteiger partial charge in [-0.05, 0) is 59.3 Å². The van der Waals surface area contributed by atoms with Crippen LogP contribution in [0.15, 0.2) is 72.9 Å². The van der Waals surface area contributed by atoms with Gasteiger partial charge in [-0.25, -0.2) is 0 Å². The molecule has 0 radical (unpaired) electrons. The fourth-order valence-electron chi connectivity index (χ4n) is 9.63. The van der Waals surface area contributed by atoms with Crippen molar-refractivity contribution in [3.05, 3.63) is 72.9 Å². The highest BCUT2D eigenvalue weighted by atomic mass is 16.7. The Morgan fingerprint density at radius 2 is 1.23 bits per heavy atom. The van der Waals surface area contributed by atoms with Crippen LogP contribution in [0.3, 0.4) is 0 Å². The minimum Gasteiger partial charge on any atom is -0.481 e. The van der Waals surface area contributed by atoms with Crippen molar-refractivity contribution in [1.29, 1.82) is 0 Å². The quantitative estimate of drug-likeness (QED) is 0.170. The van der Waals surface area contributed by atoms with Gasteiger partial charge in [0.15, 0.2) is 18.4 Å². The first kappa shape index (κ1) is 63.2. The third-order valence-corrected chi connectivity index (χ3v) is 14.2. The first-order chi connectivity index (χ1) is 34.9. The van der Waals surface area contributed by atoms with E-state index in [1.54, 1.807) is 38.2 Å². The number of allylic oxidation sites excluding steroid dienone is 10. The first-order valence-corrected chi connectivity index (χ1v) is 25.9. The molecule has 4 aliphatic rings. The molecule has 3 saturated heterocycles. The highest BCUT2D eigenvalue weighted by Gasteiger charge is 2.51. The second-order valence-electron chi connectivity index (χ2n) is 20.5. The lowest BCUT2D eigenvalue weighted by Crippen LogP contribution is -2.61. The van der Waals surface area contributed by atoms with E-state index in [9.17, 15) is 70.9 Å². The summed E-state index contributed by atoms with van der Waals surface area (Å²) in [6.45, 7) is 8.61. The van der Waals surface area contributed by atoms with Gasteiger partial charge in [0.05, 0.1) is 91.8 Å². The fraction of sp³-hybridized carbons (Fsp3) is 0.736. The molecule has 0 aliphatic carbocycles. The molecule has 0 aromatic heterocycles. The monoisotopic (exact) mass is 1060 g/mol. The SMILES string of the molecule is CC1/C=C\C=C/CC\C=C/C=C\C=C/C=C\C(OC2OC(C)C(O)C(N)C2O)CC2OC(O)(CC(O)C(O)CCC(O)CC(O)CC(O)CC(=O)OC(C)C(C)C1OC1CC(O)C(O)C(C)O1)CC(O)C2C(=O)O. The van der Waals surface area contributed by atoms with Crippen LogP contribution in [0.1, 0.15) is 105 Å². The molecule has 14 N–H and O–H groups in total. The number of hydrogen-bond acceptors (Lipinski definition) is 20. The smallest absolute Gasteiger partial charge is 0.311 e. The van der Waals surface area contributed by atoms with Crippen LogP contribution in [0.2, 0.25) is 0 Å². The van der Waals surface area contributed by atoms with E-state index in [0.29, 0.717) is 0 Å². The predicted molar refractivity (Wildman–Crippen MR) is 267 cm³/mol. The number of aliphatic hydroxyl groups is 11. The summed E-state index contributed by atoms with van der Waals surface area (Å²) in [5.74, 6) is -6.88. The number of ether oxygens (including phenoxy) is 6. The molecular weight excluding hydrogens is 971 g/mol. The van der Waals surface area contributed by atoms with E-state index >= 15 is 0 Å². The molecule has 21 heteroatoms. The summed E-state index contributed by atoms with van der Waals surface area (Å²) in [4.78, 5) is 25.6. The molecule has 0 amide bonds. The molecule has 3 fully saturated rings. The third kappa shape index (κ3) is 19.9. The van der Waals surface area contributed by atoms with E-state index in [0.717, 1.165) is 12.8 Å². The largest absolute Gasteiger partial charge is 0.481 e. The van der Waals surface area contributed by atoms with Crippen LogP contribution < -0.4 is 5.73 Å². The lowest BCUT2D eigenvalue weighted by molar-refractivity contribution is -0.310. The van der Waals surface area contributed by atoms with Gasteiger partial charge < -0.3 is 95.4 Å². The number of aliphatic hydroxyl groups excluding tert-OH is 10. The van der Waals surface area contributed by atoms with Crippen molar-refractivity contribution in [2.75, 3.05) is 0 Å². The number of carboxylic acid groups (broad SMARTS) is 1. The molecular formula is C53H85NO20. The Hall–Kier alpha value is -3.30. The maximum Gasteiger partial charge on any atom is 0.311 e. The lowest BCUT2D eigenvalue weighted by atomic mass is 9.82.